The largest absolute Gasteiger partial charge is 0.411 e. The molecule has 0 spiro atoms. The summed E-state index contributed by atoms with van der Waals surface area (Å²) >= 11 is 0. The van der Waals surface area contributed by atoms with Crippen LogP contribution in [0.3, 0.4) is 0 Å². The van der Waals surface area contributed by atoms with Gasteiger partial charge in [-0.1, -0.05) is 32.9 Å². The highest BCUT2D eigenvalue weighted by Gasteiger charge is 2.38. The Hall–Kier alpha value is -0.0831. The zero-order chi connectivity index (χ0) is 10.1. The first kappa shape index (κ1) is 11.0. The van der Waals surface area contributed by atoms with Crippen molar-refractivity contribution in [3.63, 3.8) is 0 Å². The zero-order valence-corrected chi connectivity index (χ0v) is 10.6. The maximum absolute atomic E-state index is 6.22. The van der Waals surface area contributed by atoms with Gasteiger partial charge in [-0.25, -0.2) is 0 Å². The second-order valence-electron chi connectivity index (χ2n) is 5.42. The van der Waals surface area contributed by atoms with E-state index in [9.17, 15) is 0 Å². The molecule has 1 rings (SSSR count). The fourth-order valence-corrected chi connectivity index (χ4v) is 2.56. The summed E-state index contributed by atoms with van der Waals surface area (Å²) in [5.41, 5.74) is 0. The Balaban J connectivity index is 2.55. The van der Waals surface area contributed by atoms with E-state index in [-0.39, 0.29) is 0 Å². The van der Waals surface area contributed by atoms with Gasteiger partial charge in [0, 0.05) is 0 Å². The van der Waals surface area contributed by atoms with Crippen LogP contribution in [0.2, 0.25) is 18.1 Å². The molecule has 13 heavy (non-hydrogen) atoms. The predicted molar refractivity (Wildman–Crippen MR) is 60.4 cm³/mol. The van der Waals surface area contributed by atoms with Crippen molar-refractivity contribution in [3.05, 3.63) is 12.2 Å². The Labute approximate surface area is 83.3 Å². The summed E-state index contributed by atoms with van der Waals surface area (Å²) in [6.07, 6.45) is 7.24. The van der Waals surface area contributed by atoms with Crippen molar-refractivity contribution in [1.29, 1.82) is 0 Å². The average molecular weight is 198 g/mol. The van der Waals surface area contributed by atoms with Crippen LogP contribution < -0.4 is 0 Å². The average Bonchev–Trinajstić information content (AvgIpc) is 2.35. The van der Waals surface area contributed by atoms with Gasteiger partial charge in [0.05, 0.1) is 6.10 Å². The number of hydrogen-bond donors (Lipinski definition) is 0. The van der Waals surface area contributed by atoms with E-state index in [2.05, 4.69) is 46.0 Å². The first-order valence-electron chi connectivity index (χ1n) is 5.17. The van der Waals surface area contributed by atoms with Crippen LogP contribution in [-0.2, 0) is 4.43 Å². The van der Waals surface area contributed by atoms with E-state index in [1.807, 2.05) is 0 Å². The highest BCUT2D eigenvalue weighted by Crippen LogP contribution is 2.38. The van der Waals surface area contributed by atoms with Crippen LogP contribution >= 0.6 is 0 Å². The molecule has 0 aromatic rings. The van der Waals surface area contributed by atoms with Gasteiger partial charge in [-0.3, -0.25) is 0 Å². The summed E-state index contributed by atoms with van der Waals surface area (Å²) in [6, 6.07) is 0. The van der Waals surface area contributed by atoms with Crippen LogP contribution in [0, 0.1) is 0 Å². The Morgan fingerprint density at radius 2 is 1.92 bits per heavy atom. The van der Waals surface area contributed by atoms with Crippen LogP contribution in [0.15, 0.2) is 12.2 Å². The molecule has 0 aromatic carbocycles. The first-order valence-corrected chi connectivity index (χ1v) is 8.08. The molecular weight excluding hydrogens is 176 g/mol. The molecule has 1 aliphatic rings. The van der Waals surface area contributed by atoms with E-state index in [1.54, 1.807) is 0 Å². The van der Waals surface area contributed by atoms with Crippen LogP contribution in [0.25, 0.3) is 0 Å². The fourth-order valence-electron chi connectivity index (χ4n) is 1.26. The second kappa shape index (κ2) is 3.58. The molecular formula is C11H22OSi. The number of rotatable bonds is 2. The lowest BCUT2D eigenvalue weighted by Gasteiger charge is -2.38. The van der Waals surface area contributed by atoms with E-state index >= 15 is 0 Å². The third-order valence-electron chi connectivity index (χ3n) is 3.22. The Kier molecular flexibility index (Phi) is 3.03. The van der Waals surface area contributed by atoms with Gasteiger partial charge in [0.1, 0.15) is 0 Å². The van der Waals surface area contributed by atoms with Crippen LogP contribution in [0.1, 0.15) is 33.6 Å². The van der Waals surface area contributed by atoms with Crippen LogP contribution in [-0.4, -0.2) is 14.4 Å². The van der Waals surface area contributed by atoms with E-state index in [0.717, 1.165) is 0 Å². The molecule has 0 saturated heterocycles. The summed E-state index contributed by atoms with van der Waals surface area (Å²) in [4.78, 5) is 0. The maximum atomic E-state index is 6.22. The third-order valence-corrected chi connectivity index (χ3v) is 7.73. The van der Waals surface area contributed by atoms with Gasteiger partial charge in [-0.2, -0.15) is 0 Å². The highest BCUT2D eigenvalue weighted by atomic mass is 28.4. The predicted octanol–water partition coefficient (Wildman–Crippen LogP) is 3.73. The molecule has 0 heterocycles. The SMILES string of the molecule is CC(C)(C)[Si](C)(C)O[C@H]1C=CCC1. The number of hydrogen-bond acceptors (Lipinski definition) is 1. The quantitative estimate of drug-likeness (QED) is 0.485. The topological polar surface area (TPSA) is 9.23 Å². The Morgan fingerprint density at radius 1 is 1.31 bits per heavy atom. The van der Waals surface area contributed by atoms with Crippen molar-refractivity contribution < 1.29 is 4.43 Å². The Morgan fingerprint density at radius 3 is 2.31 bits per heavy atom. The van der Waals surface area contributed by atoms with Crippen LogP contribution in [0.4, 0.5) is 0 Å². The summed E-state index contributed by atoms with van der Waals surface area (Å²) in [5, 5.41) is 0.337. The molecule has 0 aliphatic heterocycles. The monoisotopic (exact) mass is 198 g/mol. The van der Waals surface area contributed by atoms with Crippen LogP contribution in [0.5, 0.6) is 0 Å². The van der Waals surface area contributed by atoms with Gasteiger partial charge < -0.3 is 4.43 Å². The van der Waals surface area contributed by atoms with Gasteiger partial charge in [0.2, 0.25) is 0 Å². The summed E-state index contributed by atoms with van der Waals surface area (Å²) in [5.74, 6) is 0. The molecule has 1 aliphatic carbocycles. The molecule has 0 saturated carbocycles. The summed E-state index contributed by atoms with van der Waals surface area (Å²) in [7, 11) is -1.52. The summed E-state index contributed by atoms with van der Waals surface area (Å²) in [6.45, 7) is 11.5. The molecule has 0 aromatic heterocycles. The standard InChI is InChI=1S/C11H22OSi/c1-11(2,3)13(4,5)12-10-8-6-7-9-10/h6,8,10H,7,9H2,1-5H3/t10-/m0/s1. The van der Waals surface area contributed by atoms with Gasteiger partial charge in [0.15, 0.2) is 8.32 Å². The molecule has 0 radical (unpaired) electrons. The van der Waals surface area contributed by atoms with Gasteiger partial charge in [-0.05, 0) is 31.0 Å². The van der Waals surface area contributed by atoms with Crippen molar-refractivity contribution in [2.24, 2.45) is 0 Å². The zero-order valence-electron chi connectivity index (χ0n) is 9.55. The van der Waals surface area contributed by atoms with Gasteiger partial charge >= 0.3 is 0 Å². The molecule has 0 N–H and O–H groups in total. The Bertz CT molecular complexity index is 201. The minimum Gasteiger partial charge on any atom is -0.411 e. The third kappa shape index (κ3) is 2.68. The van der Waals surface area contributed by atoms with E-state index < -0.39 is 8.32 Å². The number of allylic oxidation sites excluding steroid dienone is 1. The molecule has 0 amide bonds. The molecule has 1 atom stereocenters. The maximum Gasteiger partial charge on any atom is 0.192 e. The smallest absolute Gasteiger partial charge is 0.192 e. The molecule has 0 unspecified atom stereocenters. The van der Waals surface area contributed by atoms with Crippen molar-refractivity contribution >= 4 is 8.32 Å². The highest BCUT2D eigenvalue weighted by molar-refractivity contribution is 6.74. The molecule has 76 valence electrons. The van der Waals surface area contributed by atoms with Crippen molar-refractivity contribution in [1.82, 2.24) is 0 Å². The van der Waals surface area contributed by atoms with E-state index in [4.69, 9.17) is 4.43 Å². The minimum atomic E-state index is -1.52. The molecule has 0 bridgehead atoms. The lowest BCUT2D eigenvalue weighted by atomic mass is 10.2. The minimum absolute atomic E-state index is 0.337. The lowest BCUT2D eigenvalue weighted by molar-refractivity contribution is 0.224. The fraction of sp³-hybridized carbons (Fsp3) is 0.818. The second-order valence-corrected chi connectivity index (χ2v) is 10.2. The van der Waals surface area contributed by atoms with E-state index in [1.165, 1.54) is 12.8 Å². The van der Waals surface area contributed by atoms with Crippen molar-refractivity contribution in [3.8, 4) is 0 Å². The van der Waals surface area contributed by atoms with E-state index in [0.29, 0.717) is 11.1 Å². The van der Waals surface area contributed by atoms with Gasteiger partial charge in [0.25, 0.3) is 0 Å². The lowest BCUT2D eigenvalue weighted by Crippen LogP contribution is -2.43. The first-order chi connectivity index (χ1) is 5.83. The molecule has 1 nitrogen and oxygen atoms in total. The van der Waals surface area contributed by atoms with Crippen molar-refractivity contribution in [2.45, 2.75) is 57.8 Å². The summed E-state index contributed by atoms with van der Waals surface area (Å²) < 4.78 is 6.22. The normalized spacial score (nSPS) is 23.9. The molecule has 2 heteroatoms. The van der Waals surface area contributed by atoms with Gasteiger partial charge in [-0.15, -0.1) is 0 Å². The molecule has 0 fully saturated rings. The van der Waals surface area contributed by atoms with Crippen molar-refractivity contribution in [2.75, 3.05) is 0 Å².